The van der Waals surface area contributed by atoms with Crippen molar-refractivity contribution in [2.24, 2.45) is 5.73 Å². The number of nitrogens with zero attached hydrogens (tertiary/aromatic N) is 3. The lowest BCUT2D eigenvalue weighted by atomic mass is 10.0. The molecule has 1 saturated heterocycles. The Hall–Kier alpha value is -2.87. The van der Waals surface area contributed by atoms with Crippen molar-refractivity contribution in [3.05, 3.63) is 47.2 Å². The van der Waals surface area contributed by atoms with Crippen molar-refractivity contribution in [3.8, 4) is 0 Å². The number of carbonyl (C=O) groups excluding carboxylic acids is 2. The van der Waals surface area contributed by atoms with E-state index in [1.165, 1.54) is 17.8 Å². The molecule has 146 valence electrons. The van der Waals surface area contributed by atoms with Crippen LogP contribution in [0.15, 0.2) is 36.0 Å². The fourth-order valence-corrected chi connectivity index (χ4v) is 4.43. The molecule has 2 amide bonds. The van der Waals surface area contributed by atoms with Crippen LogP contribution in [-0.4, -0.2) is 33.8 Å². The molecule has 7 nitrogen and oxygen atoms in total. The summed E-state index contributed by atoms with van der Waals surface area (Å²) >= 11 is 1.53. The summed E-state index contributed by atoms with van der Waals surface area (Å²) in [5.41, 5.74) is 8.09. The van der Waals surface area contributed by atoms with Gasteiger partial charge in [-0.15, -0.1) is 11.3 Å². The number of primary amides is 1. The number of thiazole rings is 1. The second-order valence-corrected chi connectivity index (χ2v) is 8.06. The summed E-state index contributed by atoms with van der Waals surface area (Å²) in [4.78, 5) is 31.9. The summed E-state index contributed by atoms with van der Waals surface area (Å²) in [7, 11) is 0. The molecule has 4 rings (SSSR count). The number of aromatic nitrogens is 2. The Bertz CT molecular complexity index is 996. The predicted molar refractivity (Wildman–Crippen MR) is 111 cm³/mol. The minimum Gasteiger partial charge on any atom is -0.367 e. The number of benzene rings is 1. The fraction of sp³-hybridized carbons (Fsp3) is 0.350. The van der Waals surface area contributed by atoms with E-state index in [2.05, 4.69) is 22.1 Å². The molecule has 28 heavy (non-hydrogen) atoms. The molecule has 2 aromatic heterocycles. The topological polar surface area (TPSA) is 92.7 Å². The molecule has 1 unspecified atom stereocenters. The molecule has 1 atom stereocenters. The number of hydrogen-bond donors (Lipinski definition) is 2. The van der Waals surface area contributed by atoms with Crippen LogP contribution in [0.5, 0.6) is 0 Å². The zero-order chi connectivity index (χ0) is 19.7. The lowest BCUT2D eigenvalue weighted by Gasteiger charge is -2.36. The molecule has 1 aliphatic rings. The second-order valence-electron chi connectivity index (χ2n) is 7.18. The molecule has 0 radical (unpaired) electrons. The quantitative estimate of drug-likeness (QED) is 0.692. The third-order valence-electron chi connectivity index (χ3n) is 5.15. The maximum Gasteiger partial charge on any atom is 0.248 e. The van der Waals surface area contributed by atoms with Gasteiger partial charge in [0.1, 0.15) is 0 Å². The van der Waals surface area contributed by atoms with Crippen molar-refractivity contribution >= 4 is 39.5 Å². The van der Waals surface area contributed by atoms with Crippen LogP contribution in [0.1, 0.15) is 42.2 Å². The van der Waals surface area contributed by atoms with Gasteiger partial charge in [0.2, 0.25) is 11.8 Å². The Labute approximate surface area is 167 Å². The first kappa shape index (κ1) is 18.5. The van der Waals surface area contributed by atoms with Gasteiger partial charge < -0.3 is 16.0 Å². The number of amides is 2. The molecule has 8 heteroatoms. The standard InChI is InChI=1S/C20H23N5O2S/c1-13-4-2-3-7-25(13)17-6-5-14(19(21)27)10-16(17)23-18(26)11-15-12-24-8-9-28-20(24)22-15/h5-6,8-10,12-13H,2-4,7,11H2,1H3,(H2,21,27)(H,23,26). The molecule has 0 aliphatic carbocycles. The molecule has 1 aliphatic heterocycles. The number of rotatable bonds is 5. The van der Waals surface area contributed by atoms with Crippen molar-refractivity contribution in [1.82, 2.24) is 9.38 Å². The van der Waals surface area contributed by atoms with Crippen molar-refractivity contribution in [1.29, 1.82) is 0 Å². The third kappa shape index (κ3) is 3.73. The van der Waals surface area contributed by atoms with Crippen LogP contribution < -0.4 is 16.0 Å². The smallest absolute Gasteiger partial charge is 0.248 e. The Kier molecular flexibility index (Phi) is 5.04. The molecular weight excluding hydrogens is 374 g/mol. The van der Waals surface area contributed by atoms with Crippen molar-refractivity contribution in [2.75, 3.05) is 16.8 Å². The van der Waals surface area contributed by atoms with Gasteiger partial charge in [-0.2, -0.15) is 0 Å². The number of fused-ring (bicyclic) bond motifs is 1. The summed E-state index contributed by atoms with van der Waals surface area (Å²) in [6.45, 7) is 3.11. The van der Waals surface area contributed by atoms with E-state index in [1.54, 1.807) is 12.1 Å². The van der Waals surface area contributed by atoms with Crippen molar-refractivity contribution < 1.29 is 9.59 Å². The molecule has 3 aromatic rings. The van der Waals surface area contributed by atoms with E-state index in [4.69, 9.17) is 5.73 Å². The highest BCUT2D eigenvalue weighted by Gasteiger charge is 2.22. The van der Waals surface area contributed by atoms with Gasteiger partial charge in [0.15, 0.2) is 4.96 Å². The van der Waals surface area contributed by atoms with Gasteiger partial charge in [0.05, 0.1) is 23.5 Å². The lowest BCUT2D eigenvalue weighted by molar-refractivity contribution is -0.115. The average molecular weight is 398 g/mol. The molecular formula is C20H23N5O2S. The summed E-state index contributed by atoms with van der Waals surface area (Å²) in [5, 5.41) is 4.93. The monoisotopic (exact) mass is 397 g/mol. The van der Waals surface area contributed by atoms with E-state index >= 15 is 0 Å². The number of piperidine rings is 1. The van der Waals surface area contributed by atoms with Gasteiger partial charge in [-0.1, -0.05) is 0 Å². The molecule has 1 fully saturated rings. The Morgan fingerprint density at radius 3 is 2.96 bits per heavy atom. The SMILES string of the molecule is CC1CCCCN1c1ccc(C(N)=O)cc1NC(=O)Cc1cn2ccsc2n1. The second kappa shape index (κ2) is 7.63. The van der Waals surface area contributed by atoms with Gasteiger partial charge in [0.25, 0.3) is 0 Å². The third-order valence-corrected chi connectivity index (χ3v) is 5.92. The van der Waals surface area contributed by atoms with Crippen LogP contribution in [0.4, 0.5) is 11.4 Å². The van der Waals surface area contributed by atoms with Crippen molar-refractivity contribution in [2.45, 2.75) is 38.6 Å². The fourth-order valence-electron chi connectivity index (χ4n) is 3.72. The van der Waals surface area contributed by atoms with E-state index in [1.807, 2.05) is 28.2 Å². The predicted octanol–water partition coefficient (Wildman–Crippen LogP) is 3.05. The Morgan fingerprint density at radius 2 is 2.21 bits per heavy atom. The number of nitrogens with one attached hydrogen (secondary N) is 1. The minimum atomic E-state index is -0.511. The number of carbonyl (C=O) groups is 2. The molecule has 3 N–H and O–H groups in total. The van der Waals surface area contributed by atoms with Gasteiger partial charge in [-0.05, 0) is 44.4 Å². The van der Waals surface area contributed by atoms with Crippen LogP contribution in [0.25, 0.3) is 4.96 Å². The first-order chi connectivity index (χ1) is 13.5. The van der Waals surface area contributed by atoms with Gasteiger partial charge >= 0.3 is 0 Å². The van der Waals surface area contributed by atoms with Gasteiger partial charge in [0, 0.05) is 35.9 Å². The van der Waals surface area contributed by atoms with Crippen LogP contribution >= 0.6 is 11.3 Å². The Balaban J connectivity index is 1.58. The maximum absolute atomic E-state index is 12.7. The number of nitrogens with two attached hydrogens (primary N) is 1. The zero-order valence-electron chi connectivity index (χ0n) is 15.7. The van der Waals surface area contributed by atoms with E-state index in [0.717, 1.165) is 30.0 Å². The first-order valence-corrected chi connectivity index (χ1v) is 10.3. The maximum atomic E-state index is 12.7. The van der Waals surface area contributed by atoms with Crippen molar-refractivity contribution in [3.63, 3.8) is 0 Å². The van der Waals surface area contributed by atoms with E-state index in [0.29, 0.717) is 23.0 Å². The minimum absolute atomic E-state index is 0.168. The summed E-state index contributed by atoms with van der Waals surface area (Å²) in [5.74, 6) is -0.679. The van der Waals surface area contributed by atoms with E-state index < -0.39 is 5.91 Å². The van der Waals surface area contributed by atoms with Crippen LogP contribution in [0, 0.1) is 0 Å². The largest absolute Gasteiger partial charge is 0.367 e. The number of imidazole rings is 1. The summed E-state index contributed by atoms with van der Waals surface area (Å²) in [6, 6.07) is 5.65. The van der Waals surface area contributed by atoms with Crippen LogP contribution in [-0.2, 0) is 11.2 Å². The molecule has 3 heterocycles. The summed E-state index contributed by atoms with van der Waals surface area (Å²) in [6.07, 6.45) is 7.37. The van der Waals surface area contributed by atoms with Gasteiger partial charge in [-0.3, -0.25) is 14.0 Å². The average Bonchev–Trinajstić information content (AvgIpc) is 3.23. The van der Waals surface area contributed by atoms with Crippen LogP contribution in [0.3, 0.4) is 0 Å². The van der Waals surface area contributed by atoms with Crippen LogP contribution in [0.2, 0.25) is 0 Å². The number of hydrogen-bond acceptors (Lipinski definition) is 5. The van der Waals surface area contributed by atoms with E-state index in [-0.39, 0.29) is 12.3 Å². The molecule has 0 spiro atoms. The highest BCUT2D eigenvalue weighted by molar-refractivity contribution is 7.15. The highest BCUT2D eigenvalue weighted by atomic mass is 32.1. The Morgan fingerprint density at radius 1 is 1.36 bits per heavy atom. The first-order valence-electron chi connectivity index (χ1n) is 9.42. The molecule has 1 aromatic carbocycles. The normalized spacial score (nSPS) is 17.0. The number of anilines is 2. The molecule has 0 saturated carbocycles. The molecule has 0 bridgehead atoms. The van der Waals surface area contributed by atoms with Gasteiger partial charge in [-0.25, -0.2) is 4.98 Å². The van der Waals surface area contributed by atoms with E-state index in [9.17, 15) is 9.59 Å². The lowest BCUT2D eigenvalue weighted by Crippen LogP contribution is -2.38. The summed E-state index contributed by atoms with van der Waals surface area (Å²) < 4.78 is 1.90. The highest BCUT2D eigenvalue weighted by Crippen LogP contribution is 2.32. The zero-order valence-corrected chi connectivity index (χ0v) is 16.5.